The van der Waals surface area contributed by atoms with Crippen molar-refractivity contribution in [3.8, 4) is 5.75 Å². The molecule has 1 unspecified atom stereocenters. The Morgan fingerprint density at radius 2 is 1.97 bits per heavy atom. The molecule has 1 fully saturated rings. The lowest BCUT2D eigenvalue weighted by molar-refractivity contribution is -0.142. The number of ether oxygens (including phenoxy) is 1. The number of carbonyl (C=O) groups excluding carboxylic acids is 2. The van der Waals surface area contributed by atoms with Gasteiger partial charge in [0, 0.05) is 42.5 Å². The SMILES string of the molecule is COc1ccccc1C1(N2CCCC[C@H]2C(=O)N(C)C)C(=O)Nc2cc(C)c(Cl)cc21. The van der Waals surface area contributed by atoms with Crippen LogP contribution in [0.5, 0.6) is 5.75 Å². The molecule has 7 heteroatoms. The van der Waals surface area contributed by atoms with E-state index in [-0.39, 0.29) is 11.8 Å². The van der Waals surface area contributed by atoms with Gasteiger partial charge in [0.25, 0.3) is 5.91 Å². The summed E-state index contributed by atoms with van der Waals surface area (Å²) in [4.78, 5) is 30.8. The van der Waals surface area contributed by atoms with Gasteiger partial charge in [0.2, 0.25) is 5.91 Å². The Morgan fingerprint density at radius 1 is 1.23 bits per heavy atom. The number of aryl methyl sites for hydroxylation is 1. The summed E-state index contributed by atoms with van der Waals surface area (Å²) in [5, 5.41) is 3.66. The van der Waals surface area contributed by atoms with Gasteiger partial charge in [-0.1, -0.05) is 36.2 Å². The minimum Gasteiger partial charge on any atom is -0.496 e. The number of hydrogen-bond donors (Lipinski definition) is 1. The third-order valence-electron chi connectivity index (χ3n) is 6.42. The van der Waals surface area contributed by atoms with Crippen LogP contribution in [-0.4, -0.2) is 55.4 Å². The molecule has 0 spiro atoms. The summed E-state index contributed by atoms with van der Waals surface area (Å²) in [7, 11) is 5.11. The predicted molar refractivity (Wildman–Crippen MR) is 122 cm³/mol. The van der Waals surface area contributed by atoms with E-state index >= 15 is 0 Å². The van der Waals surface area contributed by atoms with Gasteiger partial charge in [0.15, 0.2) is 5.54 Å². The Morgan fingerprint density at radius 3 is 2.68 bits per heavy atom. The molecule has 0 bridgehead atoms. The fourth-order valence-corrected chi connectivity index (χ4v) is 5.12. The van der Waals surface area contributed by atoms with E-state index in [1.54, 1.807) is 26.1 Å². The molecule has 31 heavy (non-hydrogen) atoms. The number of amides is 2. The number of hydrogen-bond acceptors (Lipinski definition) is 4. The number of nitrogens with one attached hydrogen (secondary N) is 1. The molecule has 4 rings (SSSR count). The van der Waals surface area contributed by atoms with Gasteiger partial charge in [-0.05, 0) is 43.5 Å². The monoisotopic (exact) mass is 441 g/mol. The number of likely N-dealkylation sites (N-methyl/N-ethyl adjacent to an activating group) is 1. The maximum atomic E-state index is 13.9. The summed E-state index contributed by atoms with van der Waals surface area (Å²) < 4.78 is 5.70. The smallest absolute Gasteiger partial charge is 0.254 e. The highest BCUT2D eigenvalue weighted by Crippen LogP contribution is 2.51. The van der Waals surface area contributed by atoms with E-state index in [0.29, 0.717) is 29.3 Å². The molecular formula is C24H28ClN3O3. The second-order valence-electron chi connectivity index (χ2n) is 8.45. The van der Waals surface area contributed by atoms with E-state index in [2.05, 4.69) is 10.2 Å². The first kappa shape index (κ1) is 21.7. The molecular weight excluding hydrogens is 414 g/mol. The number of piperidine rings is 1. The van der Waals surface area contributed by atoms with E-state index < -0.39 is 11.6 Å². The topological polar surface area (TPSA) is 61.9 Å². The lowest BCUT2D eigenvalue weighted by Gasteiger charge is -2.47. The molecule has 1 saturated heterocycles. The zero-order valence-electron chi connectivity index (χ0n) is 18.4. The second kappa shape index (κ2) is 8.17. The number of fused-ring (bicyclic) bond motifs is 1. The minimum atomic E-state index is -1.21. The van der Waals surface area contributed by atoms with Crippen LogP contribution in [0.2, 0.25) is 5.02 Å². The Balaban J connectivity index is 2.04. The van der Waals surface area contributed by atoms with Crippen molar-refractivity contribution >= 4 is 29.1 Å². The van der Waals surface area contributed by atoms with Crippen molar-refractivity contribution in [1.29, 1.82) is 0 Å². The number of rotatable bonds is 4. The molecule has 164 valence electrons. The first-order chi connectivity index (χ1) is 14.8. The average Bonchev–Trinajstić information content (AvgIpc) is 3.04. The summed E-state index contributed by atoms with van der Waals surface area (Å²) in [5.74, 6) is 0.407. The van der Waals surface area contributed by atoms with Gasteiger partial charge >= 0.3 is 0 Å². The van der Waals surface area contributed by atoms with Gasteiger partial charge in [-0.15, -0.1) is 0 Å². The van der Waals surface area contributed by atoms with Crippen LogP contribution in [0.1, 0.15) is 36.0 Å². The number of benzene rings is 2. The van der Waals surface area contributed by atoms with Crippen molar-refractivity contribution in [1.82, 2.24) is 9.80 Å². The van der Waals surface area contributed by atoms with E-state index in [1.807, 2.05) is 43.3 Å². The van der Waals surface area contributed by atoms with Gasteiger partial charge in [0.05, 0.1) is 13.2 Å². The lowest BCUT2D eigenvalue weighted by Crippen LogP contribution is -2.61. The highest BCUT2D eigenvalue weighted by Gasteiger charge is 2.57. The Bertz CT molecular complexity index is 1040. The van der Waals surface area contributed by atoms with Crippen molar-refractivity contribution in [2.45, 2.75) is 37.8 Å². The predicted octanol–water partition coefficient (Wildman–Crippen LogP) is 3.80. The van der Waals surface area contributed by atoms with E-state index in [9.17, 15) is 9.59 Å². The van der Waals surface area contributed by atoms with Crippen LogP contribution >= 0.6 is 11.6 Å². The number of carbonyl (C=O) groups is 2. The molecule has 0 aliphatic carbocycles. The average molecular weight is 442 g/mol. The normalized spacial score (nSPS) is 23.3. The molecule has 2 atom stereocenters. The molecule has 2 heterocycles. The molecule has 0 radical (unpaired) electrons. The van der Waals surface area contributed by atoms with E-state index in [0.717, 1.165) is 29.7 Å². The van der Waals surface area contributed by atoms with Gasteiger partial charge in [-0.3, -0.25) is 14.5 Å². The molecule has 0 saturated carbocycles. The number of anilines is 1. The fourth-order valence-electron chi connectivity index (χ4n) is 4.96. The van der Waals surface area contributed by atoms with Gasteiger partial charge in [0.1, 0.15) is 5.75 Å². The minimum absolute atomic E-state index is 0.00608. The number of para-hydroxylation sites is 1. The Kier molecular flexibility index (Phi) is 5.71. The highest BCUT2D eigenvalue weighted by atomic mass is 35.5. The van der Waals surface area contributed by atoms with Crippen LogP contribution in [0.3, 0.4) is 0 Å². The molecule has 2 aromatic carbocycles. The third-order valence-corrected chi connectivity index (χ3v) is 6.83. The number of methoxy groups -OCH3 is 1. The van der Waals surface area contributed by atoms with Crippen LogP contribution < -0.4 is 10.1 Å². The van der Waals surface area contributed by atoms with Gasteiger partial charge in [-0.25, -0.2) is 0 Å². The molecule has 2 aliphatic heterocycles. The van der Waals surface area contributed by atoms with Crippen molar-refractivity contribution in [2.75, 3.05) is 33.1 Å². The van der Waals surface area contributed by atoms with Crippen LogP contribution in [-0.2, 0) is 15.1 Å². The summed E-state index contributed by atoms with van der Waals surface area (Å²) in [5.41, 5.74) is 1.87. The maximum Gasteiger partial charge on any atom is 0.254 e. The Labute approximate surface area is 188 Å². The molecule has 2 aromatic rings. The summed E-state index contributed by atoms with van der Waals surface area (Å²) in [6, 6.07) is 10.9. The van der Waals surface area contributed by atoms with Crippen LogP contribution in [0.4, 0.5) is 5.69 Å². The molecule has 6 nitrogen and oxygen atoms in total. The van der Waals surface area contributed by atoms with Crippen LogP contribution in [0.15, 0.2) is 36.4 Å². The number of nitrogens with zero attached hydrogens (tertiary/aromatic N) is 2. The van der Waals surface area contributed by atoms with E-state index in [1.165, 1.54) is 0 Å². The molecule has 2 aliphatic rings. The van der Waals surface area contributed by atoms with Crippen molar-refractivity contribution in [3.63, 3.8) is 0 Å². The fraction of sp³-hybridized carbons (Fsp3) is 0.417. The third kappa shape index (κ3) is 3.29. The molecule has 0 aromatic heterocycles. The van der Waals surface area contributed by atoms with Crippen molar-refractivity contribution < 1.29 is 14.3 Å². The summed E-state index contributed by atoms with van der Waals surface area (Å²) >= 11 is 6.55. The summed E-state index contributed by atoms with van der Waals surface area (Å²) in [6.07, 6.45) is 2.53. The first-order valence-electron chi connectivity index (χ1n) is 10.6. The zero-order valence-corrected chi connectivity index (χ0v) is 19.1. The number of halogens is 1. The van der Waals surface area contributed by atoms with Crippen LogP contribution in [0, 0.1) is 6.92 Å². The Hall–Kier alpha value is -2.57. The first-order valence-corrected chi connectivity index (χ1v) is 10.9. The van der Waals surface area contributed by atoms with Crippen LogP contribution in [0.25, 0.3) is 0 Å². The second-order valence-corrected chi connectivity index (χ2v) is 8.86. The maximum absolute atomic E-state index is 13.9. The highest BCUT2D eigenvalue weighted by molar-refractivity contribution is 6.31. The van der Waals surface area contributed by atoms with Gasteiger partial charge < -0.3 is 15.0 Å². The van der Waals surface area contributed by atoms with Crippen molar-refractivity contribution in [2.24, 2.45) is 0 Å². The lowest BCUT2D eigenvalue weighted by atomic mass is 9.78. The molecule has 2 amide bonds. The summed E-state index contributed by atoms with van der Waals surface area (Å²) in [6.45, 7) is 2.53. The van der Waals surface area contributed by atoms with E-state index in [4.69, 9.17) is 16.3 Å². The largest absolute Gasteiger partial charge is 0.496 e. The van der Waals surface area contributed by atoms with Crippen molar-refractivity contribution in [3.05, 3.63) is 58.1 Å². The quantitative estimate of drug-likeness (QED) is 0.784. The van der Waals surface area contributed by atoms with Gasteiger partial charge in [-0.2, -0.15) is 0 Å². The zero-order chi connectivity index (χ0) is 22.3. The molecule has 1 N–H and O–H groups in total. The number of likely N-dealkylation sites (tertiary alicyclic amines) is 1. The standard InChI is InChI=1S/C24H28ClN3O3/c1-15-13-19-17(14-18(15)25)24(23(30)26-19,16-9-5-6-11-21(16)31-4)28-12-8-7-10-20(28)22(29)27(2)3/h5-6,9,11,13-14,20H,7-8,10,12H2,1-4H3,(H,26,30)/t20-,24?/m0/s1.